The maximum atomic E-state index is 13.5. The third-order valence-electron chi connectivity index (χ3n) is 5.32. The number of fused-ring (bicyclic) bond motifs is 1. The van der Waals surface area contributed by atoms with E-state index in [-0.39, 0.29) is 24.7 Å². The van der Waals surface area contributed by atoms with E-state index in [0.717, 1.165) is 0 Å². The van der Waals surface area contributed by atoms with Crippen LogP contribution in [-0.4, -0.2) is 59.9 Å². The zero-order valence-corrected chi connectivity index (χ0v) is 14.1. The Bertz CT molecular complexity index is 667. The molecule has 1 aliphatic heterocycles. The Morgan fingerprint density at radius 3 is 2.88 bits per heavy atom. The van der Waals surface area contributed by atoms with Gasteiger partial charge in [-0.1, -0.05) is 6.07 Å². The standard InChI is InChI=1S/C18H22FNO5/c1-24-18-6-5-14(25-11-16(21)22)10-15(18)20(8-7-18)17(23)12-3-2-4-13(19)9-12/h2-4,9,14-15H,5-8,10-11H2,1H3,(H,21,22)/t14-,15+,18-/m1/s1. The second kappa shape index (κ2) is 7.09. The number of rotatable bonds is 5. The molecule has 7 heteroatoms. The van der Waals surface area contributed by atoms with Gasteiger partial charge < -0.3 is 19.5 Å². The van der Waals surface area contributed by atoms with Gasteiger partial charge in [-0.3, -0.25) is 4.79 Å². The molecule has 136 valence electrons. The summed E-state index contributed by atoms with van der Waals surface area (Å²) in [6, 6.07) is 5.44. The highest BCUT2D eigenvalue weighted by Gasteiger charge is 2.52. The summed E-state index contributed by atoms with van der Waals surface area (Å²) in [5.41, 5.74) is -0.132. The highest BCUT2D eigenvalue weighted by Crippen LogP contribution is 2.43. The third-order valence-corrected chi connectivity index (χ3v) is 5.32. The number of methoxy groups -OCH3 is 1. The maximum absolute atomic E-state index is 13.5. The number of nitrogens with zero attached hydrogens (tertiary/aromatic N) is 1. The lowest BCUT2D eigenvalue weighted by Gasteiger charge is -2.43. The molecule has 0 spiro atoms. The van der Waals surface area contributed by atoms with Crippen LogP contribution in [0, 0.1) is 5.82 Å². The molecule has 3 atom stereocenters. The monoisotopic (exact) mass is 351 g/mol. The Kier molecular flexibility index (Phi) is 5.06. The molecule has 1 aromatic rings. The number of hydrogen-bond acceptors (Lipinski definition) is 4. The molecule has 2 aliphatic rings. The van der Waals surface area contributed by atoms with Gasteiger partial charge in [0.05, 0.1) is 17.7 Å². The molecule has 0 aromatic heterocycles. The third kappa shape index (κ3) is 3.52. The second-order valence-electron chi connectivity index (χ2n) is 6.64. The molecular formula is C18H22FNO5. The first kappa shape index (κ1) is 17.8. The number of ether oxygens (including phenoxy) is 2. The highest BCUT2D eigenvalue weighted by molar-refractivity contribution is 5.94. The number of carbonyl (C=O) groups is 2. The van der Waals surface area contributed by atoms with Gasteiger partial charge in [-0.15, -0.1) is 0 Å². The lowest BCUT2D eigenvalue weighted by molar-refractivity contribution is -0.148. The van der Waals surface area contributed by atoms with Crippen LogP contribution in [0.1, 0.15) is 36.0 Å². The van der Waals surface area contributed by atoms with Crippen molar-refractivity contribution >= 4 is 11.9 Å². The van der Waals surface area contributed by atoms with Gasteiger partial charge in [0.1, 0.15) is 12.4 Å². The first-order valence-corrected chi connectivity index (χ1v) is 8.40. The van der Waals surface area contributed by atoms with Crippen LogP contribution in [0.5, 0.6) is 0 Å². The van der Waals surface area contributed by atoms with Gasteiger partial charge in [-0.25, -0.2) is 9.18 Å². The number of benzene rings is 1. The van der Waals surface area contributed by atoms with Gasteiger partial charge in [-0.2, -0.15) is 0 Å². The Hall–Kier alpha value is -1.99. The lowest BCUT2D eigenvalue weighted by atomic mass is 9.79. The van der Waals surface area contributed by atoms with Crippen LogP contribution in [-0.2, 0) is 14.3 Å². The number of aliphatic carboxylic acids is 1. The molecule has 0 bridgehead atoms. The topological polar surface area (TPSA) is 76.1 Å². The number of hydrogen-bond donors (Lipinski definition) is 1. The molecule has 1 aliphatic carbocycles. The second-order valence-corrected chi connectivity index (χ2v) is 6.64. The van der Waals surface area contributed by atoms with Gasteiger partial charge >= 0.3 is 5.97 Å². The molecule has 0 unspecified atom stereocenters. The van der Waals surface area contributed by atoms with Gasteiger partial charge in [0.2, 0.25) is 0 Å². The van der Waals surface area contributed by atoms with Crippen molar-refractivity contribution in [3.63, 3.8) is 0 Å². The van der Waals surface area contributed by atoms with Crippen LogP contribution in [0.15, 0.2) is 24.3 Å². The minimum absolute atomic E-state index is 0.208. The molecule has 1 N–H and O–H groups in total. The van der Waals surface area contributed by atoms with Crippen LogP contribution >= 0.6 is 0 Å². The number of carboxylic acids is 1. The molecular weight excluding hydrogens is 329 g/mol. The van der Waals surface area contributed by atoms with Gasteiger partial charge in [-0.05, 0) is 43.9 Å². The molecule has 1 aromatic carbocycles. The van der Waals surface area contributed by atoms with Crippen molar-refractivity contribution in [1.29, 1.82) is 0 Å². The molecule has 2 fully saturated rings. The quantitative estimate of drug-likeness (QED) is 0.879. The Balaban J connectivity index is 1.78. The van der Waals surface area contributed by atoms with Crippen molar-refractivity contribution < 1.29 is 28.6 Å². The number of amides is 1. The predicted molar refractivity (Wildman–Crippen MR) is 86.8 cm³/mol. The lowest BCUT2D eigenvalue weighted by Crippen LogP contribution is -2.53. The largest absolute Gasteiger partial charge is 0.480 e. The average molecular weight is 351 g/mol. The molecule has 1 saturated heterocycles. The normalized spacial score (nSPS) is 28.6. The van der Waals surface area contributed by atoms with E-state index in [2.05, 4.69) is 0 Å². The van der Waals surface area contributed by atoms with Crippen LogP contribution in [0.2, 0.25) is 0 Å². The van der Waals surface area contributed by atoms with Gasteiger partial charge in [0.15, 0.2) is 0 Å². The molecule has 25 heavy (non-hydrogen) atoms. The van der Waals surface area contributed by atoms with Crippen LogP contribution in [0.4, 0.5) is 4.39 Å². The SMILES string of the molecule is CO[C@@]12CC[C@@H](OCC(=O)O)C[C@@H]1N(C(=O)c1cccc(F)c1)CC2. The maximum Gasteiger partial charge on any atom is 0.329 e. The smallest absolute Gasteiger partial charge is 0.329 e. The summed E-state index contributed by atoms with van der Waals surface area (Å²) in [4.78, 5) is 25.3. The number of carboxylic acid groups (broad SMARTS) is 1. The van der Waals surface area contributed by atoms with E-state index in [9.17, 15) is 14.0 Å². The van der Waals surface area contributed by atoms with Crippen molar-refractivity contribution in [3.8, 4) is 0 Å². The van der Waals surface area contributed by atoms with E-state index in [1.54, 1.807) is 18.1 Å². The summed E-state index contributed by atoms with van der Waals surface area (Å²) >= 11 is 0. The van der Waals surface area contributed by atoms with Crippen molar-refractivity contribution in [2.45, 2.75) is 43.4 Å². The molecule has 1 amide bonds. The zero-order valence-electron chi connectivity index (χ0n) is 14.1. The van der Waals surface area contributed by atoms with E-state index in [1.807, 2.05) is 0 Å². The Labute approximate surface area is 145 Å². The van der Waals surface area contributed by atoms with E-state index in [0.29, 0.717) is 37.8 Å². The summed E-state index contributed by atoms with van der Waals surface area (Å²) in [6.45, 7) is 0.175. The zero-order chi connectivity index (χ0) is 18.0. The average Bonchev–Trinajstić information content (AvgIpc) is 2.98. The Morgan fingerprint density at radius 2 is 2.20 bits per heavy atom. The van der Waals surface area contributed by atoms with E-state index in [4.69, 9.17) is 14.6 Å². The first-order chi connectivity index (χ1) is 11.9. The number of carbonyl (C=O) groups excluding carboxylic acids is 1. The fourth-order valence-corrected chi connectivity index (χ4v) is 4.03. The van der Waals surface area contributed by atoms with Crippen molar-refractivity contribution in [2.75, 3.05) is 20.3 Å². The number of halogens is 1. The van der Waals surface area contributed by atoms with Crippen molar-refractivity contribution in [1.82, 2.24) is 4.90 Å². The molecule has 1 saturated carbocycles. The van der Waals surface area contributed by atoms with Crippen molar-refractivity contribution in [2.24, 2.45) is 0 Å². The highest BCUT2D eigenvalue weighted by atomic mass is 19.1. The summed E-state index contributed by atoms with van der Waals surface area (Å²) in [7, 11) is 1.64. The summed E-state index contributed by atoms with van der Waals surface area (Å²) in [6.07, 6.45) is 2.39. The first-order valence-electron chi connectivity index (χ1n) is 8.40. The summed E-state index contributed by atoms with van der Waals surface area (Å²) < 4.78 is 24.7. The van der Waals surface area contributed by atoms with Crippen LogP contribution < -0.4 is 0 Å². The molecule has 1 heterocycles. The molecule has 6 nitrogen and oxygen atoms in total. The summed E-state index contributed by atoms with van der Waals surface area (Å²) in [5.74, 6) is -1.70. The van der Waals surface area contributed by atoms with Crippen LogP contribution in [0.25, 0.3) is 0 Å². The Morgan fingerprint density at radius 1 is 1.40 bits per heavy atom. The fraction of sp³-hybridized carbons (Fsp3) is 0.556. The van der Waals surface area contributed by atoms with E-state index in [1.165, 1.54) is 18.2 Å². The minimum atomic E-state index is -1.01. The molecule has 3 rings (SSSR count). The van der Waals surface area contributed by atoms with Crippen molar-refractivity contribution in [3.05, 3.63) is 35.6 Å². The minimum Gasteiger partial charge on any atom is -0.480 e. The van der Waals surface area contributed by atoms with Gasteiger partial charge in [0.25, 0.3) is 5.91 Å². The van der Waals surface area contributed by atoms with E-state index < -0.39 is 17.4 Å². The van der Waals surface area contributed by atoms with E-state index >= 15 is 0 Å². The van der Waals surface area contributed by atoms with Crippen LogP contribution in [0.3, 0.4) is 0 Å². The molecule has 0 radical (unpaired) electrons. The predicted octanol–water partition coefficient (Wildman–Crippen LogP) is 2.08. The van der Waals surface area contributed by atoms with Gasteiger partial charge in [0, 0.05) is 19.2 Å². The number of likely N-dealkylation sites (tertiary alicyclic amines) is 1. The fourth-order valence-electron chi connectivity index (χ4n) is 4.03. The summed E-state index contributed by atoms with van der Waals surface area (Å²) in [5, 5.41) is 8.79.